The van der Waals surface area contributed by atoms with Crippen LogP contribution in [0.1, 0.15) is 12.8 Å². The van der Waals surface area contributed by atoms with Crippen molar-refractivity contribution in [2.75, 3.05) is 12.4 Å². The largest absolute Gasteiger partial charge is 0.396 e. The minimum atomic E-state index is 0.309. The lowest BCUT2D eigenvalue weighted by Gasteiger charge is -1.98. The summed E-state index contributed by atoms with van der Waals surface area (Å²) in [5.41, 5.74) is 0. The molecular formula is C10H13OS. The van der Waals surface area contributed by atoms with E-state index < -0.39 is 0 Å². The molecule has 0 fully saturated rings. The van der Waals surface area contributed by atoms with E-state index in [0.717, 1.165) is 18.6 Å². The number of rotatable bonds is 5. The predicted octanol–water partition coefficient (Wildman–Crippen LogP) is 2.35. The monoisotopic (exact) mass is 181 g/mol. The number of unbranched alkanes of at least 4 members (excludes halogenated alkanes) is 1. The number of aliphatic hydroxyl groups excluding tert-OH is 1. The van der Waals surface area contributed by atoms with Crippen molar-refractivity contribution in [3.05, 3.63) is 30.3 Å². The molecule has 0 amide bonds. The van der Waals surface area contributed by atoms with Crippen LogP contribution in [0, 0.1) is 6.07 Å². The Labute approximate surface area is 77.8 Å². The molecular weight excluding hydrogens is 168 g/mol. The van der Waals surface area contributed by atoms with Crippen molar-refractivity contribution < 1.29 is 5.11 Å². The molecule has 1 aromatic carbocycles. The van der Waals surface area contributed by atoms with Crippen LogP contribution in [0.3, 0.4) is 0 Å². The summed E-state index contributed by atoms with van der Waals surface area (Å²) >= 11 is 1.83. The highest BCUT2D eigenvalue weighted by molar-refractivity contribution is 7.99. The molecule has 0 aliphatic heterocycles. The minimum Gasteiger partial charge on any atom is -0.396 e. The van der Waals surface area contributed by atoms with E-state index in [1.807, 2.05) is 23.9 Å². The topological polar surface area (TPSA) is 20.2 Å². The van der Waals surface area contributed by atoms with Gasteiger partial charge in [-0.05, 0) is 36.8 Å². The van der Waals surface area contributed by atoms with Crippen LogP contribution in [0.4, 0.5) is 0 Å². The summed E-state index contributed by atoms with van der Waals surface area (Å²) in [5.74, 6) is 1.09. The average Bonchev–Trinajstić information content (AvgIpc) is 2.14. The van der Waals surface area contributed by atoms with Crippen molar-refractivity contribution in [2.45, 2.75) is 17.7 Å². The standard InChI is InChI=1S/C10H13OS/c11-8-4-5-9-12-10-6-2-1-3-7-10/h2-3,6-7,11H,4-5,8-9H2. The third-order valence-corrected chi connectivity index (χ3v) is 2.61. The number of aliphatic hydroxyl groups is 1. The number of benzene rings is 1. The Morgan fingerprint density at radius 3 is 2.67 bits per heavy atom. The fourth-order valence-corrected chi connectivity index (χ4v) is 1.78. The zero-order chi connectivity index (χ0) is 8.65. The summed E-state index contributed by atoms with van der Waals surface area (Å²) in [7, 11) is 0. The van der Waals surface area contributed by atoms with Crippen LogP contribution in [0.2, 0.25) is 0 Å². The lowest BCUT2D eigenvalue weighted by molar-refractivity contribution is 0.287. The van der Waals surface area contributed by atoms with Gasteiger partial charge in [0.2, 0.25) is 0 Å². The summed E-state index contributed by atoms with van der Waals surface area (Å²) in [6, 6.07) is 10.9. The first kappa shape index (κ1) is 9.62. The van der Waals surface area contributed by atoms with Gasteiger partial charge >= 0.3 is 0 Å². The van der Waals surface area contributed by atoms with Gasteiger partial charge in [0.1, 0.15) is 0 Å². The first-order chi connectivity index (χ1) is 5.93. The van der Waals surface area contributed by atoms with E-state index in [1.54, 1.807) is 0 Å². The lowest BCUT2D eigenvalue weighted by atomic mass is 10.4. The van der Waals surface area contributed by atoms with E-state index in [9.17, 15) is 0 Å². The van der Waals surface area contributed by atoms with Crippen molar-refractivity contribution in [3.63, 3.8) is 0 Å². The van der Waals surface area contributed by atoms with Gasteiger partial charge in [-0.3, -0.25) is 0 Å². The van der Waals surface area contributed by atoms with Crippen LogP contribution in [0.25, 0.3) is 0 Å². The Hall–Kier alpha value is -0.470. The second-order valence-corrected chi connectivity index (χ2v) is 3.68. The highest BCUT2D eigenvalue weighted by Crippen LogP contribution is 2.17. The molecule has 0 heterocycles. The maximum Gasteiger partial charge on any atom is 0.0431 e. The molecule has 0 bridgehead atoms. The molecule has 1 N–H and O–H groups in total. The van der Waals surface area contributed by atoms with Crippen molar-refractivity contribution in [3.8, 4) is 0 Å². The van der Waals surface area contributed by atoms with Gasteiger partial charge in [0.15, 0.2) is 0 Å². The molecule has 0 aliphatic rings. The summed E-state index contributed by atoms with van der Waals surface area (Å²) in [4.78, 5) is 1.28. The molecule has 0 unspecified atom stereocenters. The van der Waals surface area contributed by atoms with Crippen molar-refractivity contribution in [2.24, 2.45) is 0 Å². The van der Waals surface area contributed by atoms with Gasteiger partial charge in [-0.15, -0.1) is 11.8 Å². The quantitative estimate of drug-likeness (QED) is 0.556. The molecule has 2 heteroatoms. The average molecular weight is 181 g/mol. The normalized spacial score (nSPS) is 10.1. The Bertz CT molecular complexity index is 198. The Kier molecular flexibility index (Phi) is 4.88. The number of hydrogen-bond donors (Lipinski definition) is 1. The second kappa shape index (κ2) is 6.09. The lowest BCUT2D eigenvalue weighted by Crippen LogP contribution is -1.84. The molecule has 0 atom stereocenters. The summed E-state index contributed by atoms with van der Waals surface area (Å²) in [6.07, 6.45) is 1.99. The van der Waals surface area contributed by atoms with Gasteiger partial charge in [0.25, 0.3) is 0 Å². The van der Waals surface area contributed by atoms with Gasteiger partial charge in [0, 0.05) is 11.5 Å². The van der Waals surface area contributed by atoms with Crippen molar-refractivity contribution in [1.82, 2.24) is 0 Å². The maximum absolute atomic E-state index is 8.55. The van der Waals surface area contributed by atoms with Crippen molar-refractivity contribution >= 4 is 11.8 Å². The number of hydrogen-bond acceptors (Lipinski definition) is 2. The number of thioether (sulfide) groups is 1. The van der Waals surface area contributed by atoms with Gasteiger partial charge in [0.05, 0.1) is 0 Å². The first-order valence-electron chi connectivity index (χ1n) is 4.13. The predicted molar refractivity (Wildman–Crippen MR) is 52.3 cm³/mol. The van der Waals surface area contributed by atoms with E-state index >= 15 is 0 Å². The Morgan fingerprint density at radius 2 is 2.00 bits per heavy atom. The third-order valence-electron chi connectivity index (χ3n) is 1.51. The summed E-state index contributed by atoms with van der Waals surface area (Å²) in [5, 5.41) is 8.55. The van der Waals surface area contributed by atoms with Crippen molar-refractivity contribution in [1.29, 1.82) is 0 Å². The molecule has 1 rings (SSSR count). The van der Waals surface area contributed by atoms with E-state index in [2.05, 4.69) is 18.2 Å². The van der Waals surface area contributed by atoms with E-state index in [0.29, 0.717) is 6.61 Å². The van der Waals surface area contributed by atoms with E-state index in [4.69, 9.17) is 5.11 Å². The first-order valence-corrected chi connectivity index (χ1v) is 5.12. The zero-order valence-electron chi connectivity index (χ0n) is 6.99. The highest BCUT2D eigenvalue weighted by atomic mass is 32.2. The zero-order valence-corrected chi connectivity index (χ0v) is 7.81. The summed E-state index contributed by atoms with van der Waals surface area (Å²) in [6.45, 7) is 0.309. The Balaban J connectivity index is 2.16. The van der Waals surface area contributed by atoms with Gasteiger partial charge in [-0.1, -0.05) is 12.1 Å². The Morgan fingerprint density at radius 1 is 1.25 bits per heavy atom. The minimum absolute atomic E-state index is 0.309. The molecule has 0 spiro atoms. The van der Waals surface area contributed by atoms with Gasteiger partial charge in [-0.25, -0.2) is 0 Å². The molecule has 65 valence electrons. The van der Waals surface area contributed by atoms with Gasteiger partial charge in [-0.2, -0.15) is 0 Å². The molecule has 1 aromatic rings. The molecule has 0 saturated heterocycles. The van der Waals surface area contributed by atoms with E-state index in [-0.39, 0.29) is 0 Å². The molecule has 1 radical (unpaired) electrons. The van der Waals surface area contributed by atoms with Crippen LogP contribution >= 0.6 is 11.8 Å². The smallest absolute Gasteiger partial charge is 0.0431 e. The summed E-state index contributed by atoms with van der Waals surface area (Å²) < 4.78 is 0. The molecule has 12 heavy (non-hydrogen) atoms. The molecule has 0 saturated carbocycles. The van der Waals surface area contributed by atoms with Crippen LogP contribution in [-0.4, -0.2) is 17.5 Å². The highest BCUT2D eigenvalue weighted by Gasteiger charge is 1.91. The second-order valence-electron chi connectivity index (χ2n) is 2.51. The van der Waals surface area contributed by atoms with E-state index in [1.165, 1.54) is 4.90 Å². The maximum atomic E-state index is 8.55. The van der Waals surface area contributed by atoms with Gasteiger partial charge < -0.3 is 5.11 Å². The fourth-order valence-electron chi connectivity index (χ4n) is 0.872. The molecule has 0 aromatic heterocycles. The molecule has 1 nitrogen and oxygen atoms in total. The molecule has 0 aliphatic carbocycles. The van der Waals surface area contributed by atoms with Crippen LogP contribution in [-0.2, 0) is 0 Å². The van der Waals surface area contributed by atoms with Crippen LogP contribution < -0.4 is 0 Å². The fraction of sp³-hybridized carbons (Fsp3) is 0.400. The van der Waals surface area contributed by atoms with Crippen LogP contribution in [0.15, 0.2) is 29.2 Å². The third kappa shape index (κ3) is 3.79. The SMILES string of the molecule is OCCCCSc1cc[c]cc1. The van der Waals surface area contributed by atoms with Crippen LogP contribution in [0.5, 0.6) is 0 Å².